The summed E-state index contributed by atoms with van der Waals surface area (Å²) in [6.07, 6.45) is 1.82. The van der Waals surface area contributed by atoms with Crippen molar-refractivity contribution in [1.29, 1.82) is 0 Å². The molecule has 2 aromatic heterocycles. The summed E-state index contributed by atoms with van der Waals surface area (Å²) in [6, 6.07) is 16.7. The first-order valence-corrected chi connectivity index (χ1v) is 12.2. The second-order valence-electron chi connectivity index (χ2n) is 9.11. The van der Waals surface area contributed by atoms with E-state index in [2.05, 4.69) is 66.7 Å². The summed E-state index contributed by atoms with van der Waals surface area (Å²) in [6.45, 7) is 6.02. The number of ether oxygens (including phenoxy) is 3. The van der Waals surface area contributed by atoms with Crippen LogP contribution in [0.25, 0.3) is 10.9 Å². The van der Waals surface area contributed by atoms with Crippen LogP contribution in [0.3, 0.4) is 0 Å². The molecule has 4 heterocycles. The standard InChI is InChI=1S/C26H29N7O3/c1-34-14-13-33-26(28-29-30-33)25(21-5-6-22-20(16-21)3-2-8-27-22)32-11-9-31(10-12-32)17-19-4-7-23-24(15-19)36-18-35-23/h2-8,15-16,25H,9-14,17-18H2,1H3/t25-/m1/s1. The van der Waals surface area contributed by atoms with Gasteiger partial charge in [0.25, 0.3) is 0 Å². The van der Waals surface area contributed by atoms with E-state index in [-0.39, 0.29) is 6.04 Å². The number of pyridine rings is 1. The molecule has 0 bridgehead atoms. The van der Waals surface area contributed by atoms with E-state index in [0.717, 1.165) is 66.5 Å². The Kier molecular flexibility index (Phi) is 6.46. The molecule has 0 spiro atoms. The Bertz CT molecular complexity index is 1340. The number of benzene rings is 2. The van der Waals surface area contributed by atoms with E-state index in [1.54, 1.807) is 7.11 Å². The Balaban J connectivity index is 1.23. The van der Waals surface area contributed by atoms with E-state index in [1.807, 2.05) is 23.0 Å². The fraction of sp³-hybridized carbons (Fsp3) is 0.385. The average Bonchev–Trinajstić information content (AvgIpc) is 3.58. The SMILES string of the molecule is COCCn1nnnc1[C@@H](c1ccc2ncccc2c1)N1CCN(Cc2ccc3c(c2)OCO3)CC1. The van der Waals surface area contributed by atoms with Crippen LogP contribution in [-0.4, -0.2) is 81.7 Å². The van der Waals surface area contributed by atoms with Gasteiger partial charge in [-0.15, -0.1) is 5.10 Å². The van der Waals surface area contributed by atoms with Gasteiger partial charge in [0.1, 0.15) is 0 Å². The van der Waals surface area contributed by atoms with Gasteiger partial charge in [0.05, 0.1) is 24.7 Å². The third-order valence-corrected chi connectivity index (χ3v) is 6.87. The summed E-state index contributed by atoms with van der Waals surface area (Å²) in [4.78, 5) is 9.44. The van der Waals surface area contributed by atoms with Gasteiger partial charge >= 0.3 is 0 Å². The van der Waals surface area contributed by atoms with Crippen molar-refractivity contribution in [3.63, 3.8) is 0 Å². The molecule has 4 aromatic rings. The molecular formula is C26H29N7O3. The molecular weight excluding hydrogens is 458 g/mol. The zero-order valence-electron chi connectivity index (χ0n) is 20.3. The van der Waals surface area contributed by atoms with Gasteiger partial charge in [-0.25, -0.2) is 4.68 Å². The molecule has 2 aromatic carbocycles. The molecule has 0 saturated carbocycles. The van der Waals surface area contributed by atoms with E-state index in [4.69, 9.17) is 14.2 Å². The molecule has 2 aliphatic heterocycles. The molecule has 186 valence electrons. The lowest BCUT2D eigenvalue weighted by Crippen LogP contribution is -2.48. The smallest absolute Gasteiger partial charge is 0.231 e. The first-order chi connectivity index (χ1) is 17.8. The molecule has 0 radical (unpaired) electrons. The normalized spacial score (nSPS) is 17.0. The van der Waals surface area contributed by atoms with Crippen LogP contribution < -0.4 is 9.47 Å². The van der Waals surface area contributed by atoms with Gasteiger partial charge in [-0.1, -0.05) is 18.2 Å². The maximum atomic E-state index is 5.55. The van der Waals surface area contributed by atoms with E-state index in [0.29, 0.717) is 19.9 Å². The summed E-state index contributed by atoms with van der Waals surface area (Å²) in [7, 11) is 1.69. The molecule has 36 heavy (non-hydrogen) atoms. The molecule has 0 amide bonds. The monoisotopic (exact) mass is 487 g/mol. The van der Waals surface area contributed by atoms with Crippen LogP contribution in [0, 0.1) is 0 Å². The lowest BCUT2D eigenvalue weighted by atomic mass is 10.0. The van der Waals surface area contributed by atoms with Crippen LogP contribution in [0.1, 0.15) is 23.0 Å². The molecule has 1 saturated heterocycles. The topological polar surface area (TPSA) is 90.7 Å². The van der Waals surface area contributed by atoms with Crippen molar-refractivity contribution in [2.24, 2.45) is 0 Å². The van der Waals surface area contributed by atoms with Crippen molar-refractivity contribution in [1.82, 2.24) is 35.0 Å². The first kappa shape index (κ1) is 22.8. The molecule has 10 nitrogen and oxygen atoms in total. The number of hydrogen-bond acceptors (Lipinski definition) is 9. The number of tetrazole rings is 1. The molecule has 0 unspecified atom stereocenters. The minimum atomic E-state index is -0.0610. The molecule has 2 aliphatic rings. The van der Waals surface area contributed by atoms with Crippen LogP contribution in [0.2, 0.25) is 0 Å². The van der Waals surface area contributed by atoms with Gasteiger partial charge in [0, 0.05) is 51.4 Å². The van der Waals surface area contributed by atoms with Gasteiger partial charge in [0.15, 0.2) is 17.3 Å². The number of fused-ring (bicyclic) bond motifs is 2. The van der Waals surface area contributed by atoms with Crippen LogP contribution in [0.5, 0.6) is 11.5 Å². The highest BCUT2D eigenvalue weighted by Gasteiger charge is 2.31. The Morgan fingerprint density at radius 1 is 1.00 bits per heavy atom. The number of piperazine rings is 1. The number of rotatable bonds is 8. The van der Waals surface area contributed by atoms with Crippen molar-refractivity contribution in [2.45, 2.75) is 19.1 Å². The third kappa shape index (κ3) is 4.62. The number of methoxy groups -OCH3 is 1. The highest BCUT2D eigenvalue weighted by atomic mass is 16.7. The molecule has 10 heteroatoms. The van der Waals surface area contributed by atoms with E-state index >= 15 is 0 Å². The fourth-order valence-electron chi connectivity index (χ4n) is 5.01. The van der Waals surface area contributed by atoms with Gasteiger partial charge in [-0.3, -0.25) is 14.8 Å². The Morgan fingerprint density at radius 3 is 2.78 bits per heavy atom. The summed E-state index contributed by atoms with van der Waals surface area (Å²) in [5.74, 6) is 2.49. The predicted molar refractivity (Wildman–Crippen MR) is 133 cm³/mol. The lowest BCUT2D eigenvalue weighted by molar-refractivity contribution is 0.0988. The molecule has 0 aliphatic carbocycles. The van der Waals surface area contributed by atoms with E-state index < -0.39 is 0 Å². The van der Waals surface area contributed by atoms with Crippen LogP contribution in [0.15, 0.2) is 54.7 Å². The van der Waals surface area contributed by atoms with Gasteiger partial charge < -0.3 is 14.2 Å². The fourth-order valence-corrected chi connectivity index (χ4v) is 5.01. The zero-order valence-corrected chi connectivity index (χ0v) is 20.3. The summed E-state index contributed by atoms with van der Waals surface area (Å²) >= 11 is 0. The first-order valence-electron chi connectivity index (χ1n) is 12.2. The third-order valence-electron chi connectivity index (χ3n) is 6.87. The minimum Gasteiger partial charge on any atom is -0.454 e. The maximum absolute atomic E-state index is 5.55. The van der Waals surface area contributed by atoms with Crippen LogP contribution in [0.4, 0.5) is 0 Å². The van der Waals surface area contributed by atoms with Gasteiger partial charge in [-0.2, -0.15) is 0 Å². The largest absolute Gasteiger partial charge is 0.454 e. The summed E-state index contributed by atoms with van der Waals surface area (Å²) in [5, 5.41) is 13.9. The highest BCUT2D eigenvalue weighted by molar-refractivity contribution is 5.79. The molecule has 1 atom stereocenters. The van der Waals surface area contributed by atoms with E-state index in [9.17, 15) is 0 Å². The van der Waals surface area contributed by atoms with Crippen molar-refractivity contribution >= 4 is 10.9 Å². The van der Waals surface area contributed by atoms with Gasteiger partial charge in [0.2, 0.25) is 6.79 Å². The maximum Gasteiger partial charge on any atom is 0.231 e. The zero-order chi connectivity index (χ0) is 24.3. The van der Waals surface area contributed by atoms with Crippen LogP contribution >= 0.6 is 0 Å². The van der Waals surface area contributed by atoms with Crippen molar-refractivity contribution < 1.29 is 14.2 Å². The second-order valence-corrected chi connectivity index (χ2v) is 9.11. The van der Waals surface area contributed by atoms with E-state index in [1.165, 1.54) is 5.56 Å². The van der Waals surface area contributed by atoms with Gasteiger partial charge in [-0.05, 0) is 51.9 Å². The Labute approximate surface area is 209 Å². The summed E-state index contributed by atoms with van der Waals surface area (Å²) in [5.41, 5.74) is 3.37. The quantitative estimate of drug-likeness (QED) is 0.372. The second kappa shape index (κ2) is 10.2. The Morgan fingerprint density at radius 2 is 1.89 bits per heavy atom. The lowest BCUT2D eigenvalue weighted by Gasteiger charge is -2.39. The van der Waals surface area contributed by atoms with Crippen molar-refractivity contribution in [3.05, 3.63) is 71.7 Å². The minimum absolute atomic E-state index is 0.0610. The average molecular weight is 488 g/mol. The van der Waals surface area contributed by atoms with Crippen molar-refractivity contribution in [2.75, 3.05) is 46.7 Å². The molecule has 1 fully saturated rings. The Hall–Kier alpha value is -3.60. The molecule has 6 rings (SSSR count). The number of aromatic nitrogens is 5. The number of nitrogens with zero attached hydrogens (tertiary/aromatic N) is 7. The summed E-state index contributed by atoms with van der Waals surface area (Å²) < 4.78 is 18.2. The highest BCUT2D eigenvalue weighted by Crippen LogP contribution is 2.33. The number of hydrogen-bond donors (Lipinski definition) is 0. The van der Waals surface area contributed by atoms with Crippen molar-refractivity contribution in [3.8, 4) is 11.5 Å². The molecule has 0 N–H and O–H groups in total. The van der Waals surface area contributed by atoms with Crippen LogP contribution in [-0.2, 0) is 17.8 Å². The predicted octanol–water partition coefficient (Wildman–Crippen LogP) is 2.50.